The lowest BCUT2D eigenvalue weighted by Gasteiger charge is -2.08. The Morgan fingerprint density at radius 2 is 1.95 bits per heavy atom. The van der Waals surface area contributed by atoms with Gasteiger partial charge in [0, 0.05) is 32.0 Å². The van der Waals surface area contributed by atoms with Crippen LogP contribution in [-0.2, 0) is 25.7 Å². The molecule has 102 valence electrons. The van der Waals surface area contributed by atoms with Gasteiger partial charge in [0.05, 0.1) is 0 Å². The third-order valence-electron chi connectivity index (χ3n) is 3.87. The molecule has 1 aliphatic rings. The summed E-state index contributed by atoms with van der Waals surface area (Å²) in [5, 5.41) is 0. The molecule has 0 amide bonds. The fourth-order valence-electron chi connectivity index (χ4n) is 2.74. The van der Waals surface area contributed by atoms with Crippen molar-refractivity contribution < 1.29 is 0 Å². The van der Waals surface area contributed by atoms with Crippen molar-refractivity contribution >= 4 is 22.7 Å². The lowest BCUT2D eigenvalue weighted by atomic mass is 9.98. The molecule has 0 aliphatic heterocycles. The molecule has 2 aromatic heterocycles. The number of rotatable bonds is 4. The van der Waals surface area contributed by atoms with Crippen LogP contribution in [0.5, 0.6) is 0 Å². The van der Waals surface area contributed by atoms with Crippen molar-refractivity contribution in [3.63, 3.8) is 0 Å². The van der Waals surface area contributed by atoms with E-state index in [0.717, 1.165) is 12.8 Å². The quantitative estimate of drug-likeness (QED) is 0.882. The molecule has 0 bridgehead atoms. The number of hydrogen-bond acceptors (Lipinski definition) is 3. The molecule has 1 aliphatic carbocycles. The van der Waals surface area contributed by atoms with Crippen LogP contribution in [0, 0.1) is 0 Å². The highest BCUT2D eigenvalue weighted by molar-refractivity contribution is 7.12. The average molecular weight is 291 g/mol. The maximum Gasteiger partial charge on any atom is 0.0438 e. The van der Waals surface area contributed by atoms with E-state index in [2.05, 4.69) is 25.1 Å². The number of thiophene rings is 2. The highest BCUT2D eigenvalue weighted by Gasteiger charge is 2.17. The predicted molar refractivity (Wildman–Crippen MR) is 85.3 cm³/mol. The van der Waals surface area contributed by atoms with E-state index in [1.807, 2.05) is 22.7 Å². The Morgan fingerprint density at radius 3 is 2.68 bits per heavy atom. The molecule has 0 saturated heterocycles. The summed E-state index contributed by atoms with van der Waals surface area (Å²) in [5.74, 6) is 0. The molecule has 0 radical (unpaired) electrons. The second-order valence-electron chi connectivity index (χ2n) is 5.34. The maximum absolute atomic E-state index is 6.41. The first kappa shape index (κ1) is 13.3. The maximum atomic E-state index is 6.41. The van der Waals surface area contributed by atoms with E-state index < -0.39 is 0 Å². The van der Waals surface area contributed by atoms with Gasteiger partial charge in [-0.05, 0) is 55.9 Å². The lowest BCUT2D eigenvalue weighted by molar-refractivity contribution is 0.695. The molecule has 1 nitrogen and oxygen atoms in total. The first-order chi connectivity index (χ1) is 9.26. The van der Waals surface area contributed by atoms with Gasteiger partial charge in [-0.3, -0.25) is 0 Å². The van der Waals surface area contributed by atoms with Crippen LogP contribution in [0.1, 0.15) is 50.9 Å². The Hall–Kier alpha value is -0.640. The third kappa shape index (κ3) is 2.93. The number of aryl methyl sites for hydroxylation is 3. The highest BCUT2D eigenvalue weighted by atomic mass is 32.1. The Bertz CT molecular complexity index is 529. The summed E-state index contributed by atoms with van der Waals surface area (Å²) >= 11 is 3.87. The summed E-state index contributed by atoms with van der Waals surface area (Å²) in [5.41, 5.74) is 7.98. The summed E-state index contributed by atoms with van der Waals surface area (Å²) < 4.78 is 0. The first-order valence-corrected chi connectivity index (χ1v) is 8.84. The average Bonchev–Trinajstić information content (AvgIpc) is 3.04. The third-order valence-corrected chi connectivity index (χ3v) is 6.49. The van der Waals surface area contributed by atoms with Crippen molar-refractivity contribution in [1.29, 1.82) is 0 Å². The predicted octanol–water partition coefficient (Wildman–Crippen LogP) is 4.49. The van der Waals surface area contributed by atoms with E-state index in [9.17, 15) is 0 Å². The highest BCUT2D eigenvalue weighted by Crippen LogP contribution is 2.33. The van der Waals surface area contributed by atoms with Gasteiger partial charge in [-0.1, -0.05) is 6.92 Å². The molecule has 1 unspecified atom stereocenters. The van der Waals surface area contributed by atoms with Gasteiger partial charge >= 0.3 is 0 Å². The fourth-order valence-corrected chi connectivity index (χ4v) is 5.01. The molecule has 0 saturated carbocycles. The van der Waals surface area contributed by atoms with Gasteiger partial charge in [0.25, 0.3) is 0 Å². The van der Waals surface area contributed by atoms with Crippen LogP contribution in [0.25, 0.3) is 0 Å². The van der Waals surface area contributed by atoms with Crippen LogP contribution < -0.4 is 5.73 Å². The summed E-state index contributed by atoms with van der Waals surface area (Å²) in [4.78, 5) is 5.87. The van der Waals surface area contributed by atoms with Gasteiger partial charge < -0.3 is 5.73 Å². The van der Waals surface area contributed by atoms with Gasteiger partial charge in [0.1, 0.15) is 0 Å². The topological polar surface area (TPSA) is 26.0 Å². The number of fused-ring (bicyclic) bond motifs is 1. The smallest absolute Gasteiger partial charge is 0.0438 e. The van der Waals surface area contributed by atoms with Gasteiger partial charge in [-0.25, -0.2) is 0 Å². The molecule has 0 spiro atoms. The zero-order chi connectivity index (χ0) is 13.2. The molecule has 0 fully saturated rings. The standard InChI is InChI=1S/C16H21NS2/c1-2-12-7-8-13(18-12)10-14(17)16-9-11-5-3-4-6-15(11)19-16/h7-9,14H,2-6,10,17H2,1H3. The Labute approximate surface area is 123 Å². The van der Waals surface area contributed by atoms with Crippen LogP contribution in [0.15, 0.2) is 18.2 Å². The Morgan fingerprint density at radius 1 is 1.16 bits per heavy atom. The van der Waals surface area contributed by atoms with Crippen LogP contribution in [-0.4, -0.2) is 0 Å². The largest absolute Gasteiger partial charge is 0.323 e. The SMILES string of the molecule is CCc1ccc(CC(N)c2cc3c(s2)CCCC3)s1. The van der Waals surface area contributed by atoms with Gasteiger partial charge in [-0.2, -0.15) is 0 Å². The minimum atomic E-state index is 0.180. The minimum absolute atomic E-state index is 0.180. The monoisotopic (exact) mass is 291 g/mol. The van der Waals surface area contributed by atoms with Crippen molar-refractivity contribution in [3.05, 3.63) is 43.3 Å². The number of hydrogen-bond donors (Lipinski definition) is 1. The van der Waals surface area contributed by atoms with E-state index in [0.29, 0.717) is 0 Å². The van der Waals surface area contributed by atoms with Crippen molar-refractivity contribution in [3.8, 4) is 0 Å². The molecule has 2 N–H and O–H groups in total. The van der Waals surface area contributed by atoms with E-state index in [-0.39, 0.29) is 6.04 Å². The first-order valence-electron chi connectivity index (χ1n) is 7.21. The molecular weight excluding hydrogens is 270 g/mol. The van der Waals surface area contributed by atoms with Crippen LogP contribution >= 0.6 is 22.7 Å². The van der Waals surface area contributed by atoms with Crippen molar-refractivity contribution in [1.82, 2.24) is 0 Å². The van der Waals surface area contributed by atoms with Crippen LogP contribution in [0.3, 0.4) is 0 Å². The molecule has 3 heteroatoms. The molecule has 2 aromatic rings. The molecule has 0 aromatic carbocycles. The Balaban J connectivity index is 1.72. The van der Waals surface area contributed by atoms with Crippen molar-refractivity contribution in [2.24, 2.45) is 5.73 Å². The summed E-state index contributed by atoms with van der Waals surface area (Å²) in [6.07, 6.45) is 7.36. The van der Waals surface area contributed by atoms with Gasteiger partial charge in [0.2, 0.25) is 0 Å². The van der Waals surface area contributed by atoms with Crippen LogP contribution in [0.2, 0.25) is 0 Å². The lowest BCUT2D eigenvalue weighted by Crippen LogP contribution is -2.10. The molecular formula is C16H21NS2. The van der Waals surface area contributed by atoms with Crippen molar-refractivity contribution in [2.45, 2.75) is 51.5 Å². The number of nitrogens with two attached hydrogens (primary N) is 1. The molecule has 2 heterocycles. The zero-order valence-corrected chi connectivity index (χ0v) is 13.1. The van der Waals surface area contributed by atoms with E-state index in [4.69, 9.17) is 5.73 Å². The van der Waals surface area contributed by atoms with Crippen LogP contribution in [0.4, 0.5) is 0 Å². The summed E-state index contributed by atoms with van der Waals surface area (Å²) in [6.45, 7) is 2.21. The van der Waals surface area contributed by atoms with Gasteiger partial charge in [-0.15, -0.1) is 22.7 Å². The molecule has 3 rings (SSSR count). The normalized spacial score (nSPS) is 16.3. The van der Waals surface area contributed by atoms with E-state index in [1.54, 1.807) is 10.4 Å². The van der Waals surface area contributed by atoms with E-state index >= 15 is 0 Å². The molecule has 1 atom stereocenters. The van der Waals surface area contributed by atoms with Gasteiger partial charge in [0.15, 0.2) is 0 Å². The Kier molecular flexibility index (Phi) is 4.06. The zero-order valence-electron chi connectivity index (χ0n) is 11.4. The van der Waals surface area contributed by atoms with E-state index in [1.165, 1.54) is 40.3 Å². The second kappa shape index (κ2) is 5.78. The minimum Gasteiger partial charge on any atom is -0.323 e. The summed E-state index contributed by atoms with van der Waals surface area (Å²) in [6, 6.07) is 7.04. The van der Waals surface area contributed by atoms with Crippen molar-refractivity contribution in [2.75, 3.05) is 0 Å². The fraction of sp³-hybridized carbons (Fsp3) is 0.500. The second-order valence-corrected chi connectivity index (χ2v) is 7.76. The molecule has 19 heavy (non-hydrogen) atoms. The summed E-state index contributed by atoms with van der Waals surface area (Å²) in [7, 11) is 0.